The summed E-state index contributed by atoms with van der Waals surface area (Å²) in [4.78, 5) is 2.63. The average Bonchev–Trinajstić information content (AvgIpc) is 3.15. The molecule has 0 aromatic carbocycles. The molecule has 17 heavy (non-hydrogen) atoms. The van der Waals surface area contributed by atoms with E-state index >= 15 is 0 Å². The largest absolute Gasteiger partial charge is 0.384 e. The molecule has 0 spiro atoms. The van der Waals surface area contributed by atoms with Crippen LogP contribution in [0, 0.1) is 5.92 Å². The van der Waals surface area contributed by atoms with Gasteiger partial charge in [-0.05, 0) is 70.6 Å². The fraction of sp³-hybridized carbons (Fsp3) is 1.00. The fourth-order valence-electron chi connectivity index (χ4n) is 2.67. The fourth-order valence-corrected chi connectivity index (χ4v) is 2.67. The maximum atomic E-state index is 5.23. The minimum absolute atomic E-state index is 0.813. The summed E-state index contributed by atoms with van der Waals surface area (Å²) >= 11 is 0. The second-order valence-corrected chi connectivity index (χ2v) is 5.68. The summed E-state index contributed by atoms with van der Waals surface area (Å²) in [5, 5.41) is 3.58. The van der Waals surface area contributed by atoms with Crippen molar-refractivity contribution in [2.45, 2.75) is 44.6 Å². The molecule has 2 fully saturated rings. The number of hydrogen-bond donors (Lipinski definition) is 1. The molecule has 0 aromatic rings. The van der Waals surface area contributed by atoms with Crippen molar-refractivity contribution in [3.05, 3.63) is 0 Å². The van der Waals surface area contributed by atoms with Crippen LogP contribution in [-0.4, -0.2) is 50.8 Å². The van der Waals surface area contributed by atoms with E-state index in [0.29, 0.717) is 0 Å². The molecule has 100 valence electrons. The summed E-state index contributed by atoms with van der Waals surface area (Å²) < 4.78 is 5.23. The molecule has 0 unspecified atom stereocenters. The topological polar surface area (TPSA) is 24.5 Å². The van der Waals surface area contributed by atoms with Crippen molar-refractivity contribution in [3.63, 3.8) is 0 Å². The standard InChI is InChI=1S/C14H28N2O/c1-17-12-13-6-10-16(11-7-13)9-3-2-8-15-14-4-5-14/h13-15H,2-12H2,1H3. The summed E-state index contributed by atoms with van der Waals surface area (Å²) in [5.41, 5.74) is 0. The van der Waals surface area contributed by atoms with Crippen LogP contribution in [0.25, 0.3) is 0 Å². The van der Waals surface area contributed by atoms with Crippen LogP contribution in [-0.2, 0) is 4.74 Å². The zero-order valence-corrected chi connectivity index (χ0v) is 11.3. The molecule has 0 radical (unpaired) electrons. The van der Waals surface area contributed by atoms with Crippen LogP contribution in [0.5, 0.6) is 0 Å². The zero-order chi connectivity index (χ0) is 11.9. The van der Waals surface area contributed by atoms with Gasteiger partial charge < -0.3 is 15.0 Å². The van der Waals surface area contributed by atoms with Crippen LogP contribution in [0.3, 0.4) is 0 Å². The Bertz CT molecular complexity index is 198. The Kier molecular flexibility index (Phi) is 5.75. The number of likely N-dealkylation sites (tertiary alicyclic amines) is 1. The Morgan fingerprint density at radius 3 is 2.53 bits per heavy atom. The molecule has 1 aliphatic carbocycles. The molecule has 0 amide bonds. The number of ether oxygens (including phenoxy) is 1. The van der Waals surface area contributed by atoms with Crippen LogP contribution in [0.2, 0.25) is 0 Å². The molecule has 3 heteroatoms. The first-order valence-electron chi connectivity index (χ1n) is 7.33. The second-order valence-electron chi connectivity index (χ2n) is 5.68. The van der Waals surface area contributed by atoms with Gasteiger partial charge in [-0.25, -0.2) is 0 Å². The molecule has 1 saturated carbocycles. The van der Waals surface area contributed by atoms with E-state index in [4.69, 9.17) is 4.74 Å². The van der Waals surface area contributed by atoms with Gasteiger partial charge in [0.1, 0.15) is 0 Å². The van der Waals surface area contributed by atoms with Gasteiger partial charge in [-0.15, -0.1) is 0 Å². The smallest absolute Gasteiger partial charge is 0.0491 e. The predicted octanol–water partition coefficient (Wildman–Crippen LogP) is 1.88. The van der Waals surface area contributed by atoms with Gasteiger partial charge in [0.05, 0.1) is 0 Å². The SMILES string of the molecule is COCC1CCN(CCCCNC2CC2)CC1. The number of nitrogens with one attached hydrogen (secondary N) is 1. The number of rotatable bonds is 8. The summed E-state index contributed by atoms with van der Waals surface area (Å²) in [6.07, 6.45) is 8.17. The van der Waals surface area contributed by atoms with Crippen LogP contribution in [0.1, 0.15) is 38.5 Å². The highest BCUT2D eigenvalue weighted by Gasteiger charge is 2.20. The first-order valence-corrected chi connectivity index (χ1v) is 7.33. The van der Waals surface area contributed by atoms with Crippen molar-refractivity contribution in [1.29, 1.82) is 0 Å². The Morgan fingerprint density at radius 2 is 1.88 bits per heavy atom. The molecule has 1 aliphatic heterocycles. The van der Waals surface area contributed by atoms with E-state index in [1.165, 1.54) is 64.7 Å². The van der Waals surface area contributed by atoms with Gasteiger partial charge in [0, 0.05) is 19.8 Å². The molecule has 0 bridgehead atoms. The van der Waals surface area contributed by atoms with Gasteiger partial charge in [-0.2, -0.15) is 0 Å². The number of methoxy groups -OCH3 is 1. The molecular formula is C14H28N2O. The summed E-state index contributed by atoms with van der Waals surface area (Å²) in [6.45, 7) is 6.05. The van der Waals surface area contributed by atoms with Crippen LogP contribution in [0.15, 0.2) is 0 Å². The first-order chi connectivity index (χ1) is 8.38. The highest BCUT2D eigenvalue weighted by molar-refractivity contribution is 4.80. The third kappa shape index (κ3) is 5.36. The lowest BCUT2D eigenvalue weighted by Crippen LogP contribution is -2.35. The maximum absolute atomic E-state index is 5.23. The Labute approximate surface area is 106 Å². The van der Waals surface area contributed by atoms with E-state index in [0.717, 1.165) is 18.6 Å². The van der Waals surface area contributed by atoms with Gasteiger partial charge in [0.25, 0.3) is 0 Å². The Morgan fingerprint density at radius 1 is 1.12 bits per heavy atom. The van der Waals surface area contributed by atoms with Crippen molar-refractivity contribution in [2.75, 3.05) is 39.9 Å². The van der Waals surface area contributed by atoms with E-state index in [9.17, 15) is 0 Å². The average molecular weight is 240 g/mol. The van der Waals surface area contributed by atoms with Crippen molar-refractivity contribution < 1.29 is 4.74 Å². The van der Waals surface area contributed by atoms with Gasteiger partial charge in [0.2, 0.25) is 0 Å². The van der Waals surface area contributed by atoms with Gasteiger partial charge in [-0.3, -0.25) is 0 Å². The molecule has 1 N–H and O–H groups in total. The molecule has 1 heterocycles. The zero-order valence-electron chi connectivity index (χ0n) is 11.3. The predicted molar refractivity (Wildman–Crippen MR) is 71.3 cm³/mol. The van der Waals surface area contributed by atoms with Crippen LogP contribution < -0.4 is 5.32 Å². The third-order valence-corrected chi connectivity index (χ3v) is 4.02. The Balaban J connectivity index is 1.43. The lowest BCUT2D eigenvalue weighted by Gasteiger charge is -2.31. The molecule has 1 saturated heterocycles. The number of piperidine rings is 1. The summed E-state index contributed by atoms with van der Waals surface area (Å²) in [7, 11) is 1.82. The highest BCUT2D eigenvalue weighted by atomic mass is 16.5. The quantitative estimate of drug-likeness (QED) is 0.656. The first kappa shape index (κ1) is 13.3. The number of hydrogen-bond acceptors (Lipinski definition) is 3. The van der Waals surface area contributed by atoms with Crippen molar-refractivity contribution in [2.24, 2.45) is 5.92 Å². The molecule has 2 rings (SSSR count). The van der Waals surface area contributed by atoms with E-state index in [2.05, 4.69) is 10.2 Å². The molecular weight excluding hydrogens is 212 g/mol. The van der Waals surface area contributed by atoms with E-state index in [-0.39, 0.29) is 0 Å². The van der Waals surface area contributed by atoms with Crippen LogP contribution in [0.4, 0.5) is 0 Å². The molecule has 0 atom stereocenters. The van der Waals surface area contributed by atoms with Crippen LogP contribution >= 0.6 is 0 Å². The molecule has 0 aromatic heterocycles. The van der Waals surface area contributed by atoms with Crippen molar-refractivity contribution >= 4 is 0 Å². The van der Waals surface area contributed by atoms with Gasteiger partial charge >= 0.3 is 0 Å². The van der Waals surface area contributed by atoms with Crippen molar-refractivity contribution in [1.82, 2.24) is 10.2 Å². The third-order valence-electron chi connectivity index (χ3n) is 4.02. The maximum Gasteiger partial charge on any atom is 0.0491 e. The minimum Gasteiger partial charge on any atom is -0.384 e. The van der Waals surface area contributed by atoms with Gasteiger partial charge in [0.15, 0.2) is 0 Å². The lowest BCUT2D eigenvalue weighted by molar-refractivity contribution is 0.0989. The van der Waals surface area contributed by atoms with Gasteiger partial charge in [-0.1, -0.05) is 0 Å². The van der Waals surface area contributed by atoms with E-state index < -0.39 is 0 Å². The van der Waals surface area contributed by atoms with E-state index in [1.54, 1.807) is 0 Å². The summed E-state index contributed by atoms with van der Waals surface area (Å²) in [5.74, 6) is 0.813. The lowest BCUT2D eigenvalue weighted by atomic mass is 9.98. The summed E-state index contributed by atoms with van der Waals surface area (Å²) in [6, 6.07) is 0.875. The Hall–Kier alpha value is -0.120. The van der Waals surface area contributed by atoms with Crippen molar-refractivity contribution in [3.8, 4) is 0 Å². The minimum atomic E-state index is 0.813. The monoisotopic (exact) mass is 240 g/mol. The molecule has 2 aliphatic rings. The second kappa shape index (κ2) is 7.34. The number of nitrogens with zero attached hydrogens (tertiary/aromatic N) is 1. The number of unbranched alkanes of at least 4 members (excludes halogenated alkanes) is 1. The normalized spacial score (nSPS) is 23.1. The highest BCUT2D eigenvalue weighted by Crippen LogP contribution is 2.19. The molecule has 3 nitrogen and oxygen atoms in total. The van der Waals surface area contributed by atoms with E-state index in [1.807, 2.05) is 7.11 Å².